The van der Waals surface area contributed by atoms with Gasteiger partial charge in [-0.05, 0) is 55.2 Å². The van der Waals surface area contributed by atoms with Crippen LogP contribution in [0.15, 0.2) is 90.6 Å². The molecule has 0 aliphatic carbocycles. The van der Waals surface area contributed by atoms with Gasteiger partial charge in [0.25, 0.3) is 11.8 Å². The van der Waals surface area contributed by atoms with Gasteiger partial charge in [0.2, 0.25) is 0 Å². The average Bonchev–Trinajstić information content (AvgIpc) is 3.50. The minimum atomic E-state index is -0.272. The van der Waals surface area contributed by atoms with Crippen LogP contribution >= 0.6 is 0 Å². The smallest absolute Gasteiger partial charge is 0.282 e. The summed E-state index contributed by atoms with van der Waals surface area (Å²) in [5, 5.41) is 0. The van der Waals surface area contributed by atoms with E-state index in [4.69, 9.17) is 0 Å². The molecule has 3 aromatic carbocycles. The zero-order chi connectivity index (χ0) is 23.5. The molecule has 5 rings (SSSR count). The highest BCUT2D eigenvalue weighted by Gasteiger charge is 2.42. The van der Waals surface area contributed by atoms with Crippen LogP contribution in [0.4, 0.5) is 11.4 Å². The molecule has 2 aliphatic rings. The molecule has 0 bridgehead atoms. The Morgan fingerprint density at radius 1 is 0.735 bits per heavy atom. The Kier molecular flexibility index (Phi) is 6.17. The van der Waals surface area contributed by atoms with E-state index in [-0.39, 0.29) is 11.8 Å². The summed E-state index contributed by atoms with van der Waals surface area (Å²) in [6, 6.07) is 27.4. The van der Waals surface area contributed by atoms with E-state index in [0.717, 1.165) is 29.9 Å². The first-order valence-corrected chi connectivity index (χ1v) is 12.0. The Morgan fingerprint density at radius 3 is 1.94 bits per heavy atom. The summed E-state index contributed by atoms with van der Waals surface area (Å²) in [6.45, 7) is 5.29. The van der Waals surface area contributed by atoms with Crippen LogP contribution in [0.1, 0.15) is 30.9 Å². The number of imide groups is 1. The Bertz CT molecular complexity index is 1200. The standard InChI is InChI=1S/C29H29N3O2/c1-2-30(21-22-11-5-3-6-12-22)27-26(23-13-7-4-8-14-23)28(33)32(29(27)34)25-17-15-24(16-18-25)31-19-9-10-20-31/h3-8,11-18H,2,9-10,19-21H2,1H3. The molecule has 34 heavy (non-hydrogen) atoms. The monoisotopic (exact) mass is 451 g/mol. The van der Waals surface area contributed by atoms with Crippen molar-refractivity contribution in [2.24, 2.45) is 0 Å². The van der Waals surface area contributed by atoms with Crippen molar-refractivity contribution in [1.29, 1.82) is 0 Å². The molecular formula is C29H29N3O2. The van der Waals surface area contributed by atoms with Crippen molar-refractivity contribution in [1.82, 2.24) is 4.90 Å². The van der Waals surface area contributed by atoms with E-state index < -0.39 is 0 Å². The molecule has 2 aliphatic heterocycles. The van der Waals surface area contributed by atoms with E-state index in [1.54, 1.807) is 0 Å². The fraction of sp³-hybridized carbons (Fsp3) is 0.241. The highest BCUT2D eigenvalue weighted by molar-refractivity contribution is 6.45. The highest BCUT2D eigenvalue weighted by atomic mass is 16.2. The number of likely N-dealkylation sites (N-methyl/N-ethyl adjacent to an activating group) is 1. The number of nitrogens with zero attached hydrogens (tertiary/aromatic N) is 3. The van der Waals surface area contributed by atoms with Crippen LogP contribution in [0.25, 0.3) is 5.57 Å². The van der Waals surface area contributed by atoms with Crippen molar-refractivity contribution in [3.63, 3.8) is 0 Å². The normalized spacial score (nSPS) is 16.0. The van der Waals surface area contributed by atoms with Crippen molar-refractivity contribution in [3.8, 4) is 0 Å². The van der Waals surface area contributed by atoms with Gasteiger partial charge in [-0.1, -0.05) is 60.7 Å². The summed E-state index contributed by atoms with van der Waals surface area (Å²) < 4.78 is 0. The Balaban J connectivity index is 1.52. The molecule has 0 N–H and O–H groups in total. The molecule has 172 valence electrons. The van der Waals surface area contributed by atoms with Crippen LogP contribution in [0.2, 0.25) is 0 Å². The molecule has 0 radical (unpaired) electrons. The first-order valence-electron chi connectivity index (χ1n) is 12.0. The van der Waals surface area contributed by atoms with Crippen molar-refractivity contribution >= 4 is 28.8 Å². The van der Waals surface area contributed by atoms with Gasteiger partial charge in [-0.15, -0.1) is 0 Å². The number of hydrogen-bond donors (Lipinski definition) is 0. The molecule has 1 fully saturated rings. The van der Waals surface area contributed by atoms with Crippen molar-refractivity contribution in [2.45, 2.75) is 26.3 Å². The third kappa shape index (κ3) is 4.10. The van der Waals surface area contributed by atoms with E-state index in [1.807, 2.05) is 96.8 Å². The third-order valence-corrected chi connectivity index (χ3v) is 6.62. The quantitative estimate of drug-likeness (QED) is 0.469. The second kappa shape index (κ2) is 9.56. The SMILES string of the molecule is CCN(Cc1ccccc1)C1=C(c2ccccc2)C(=O)N(c2ccc(N3CCCC3)cc2)C1=O. The fourth-order valence-electron chi connectivity index (χ4n) is 4.85. The minimum absolute atomic E-state index is 0.268. The maximum absolute atomic E-state index is 13.8. The number of anilines is 2. The van der Waals surface area contributed by atoms with Gasteiger partial charge in [0, 0.05) is 31.9 Å². The van der Waals surface area contributed by atoms with Gasteiger partial charge in [-0.25, -0.2) is 4.90 Å². The number of benzene rings is 3. The molecule has 2 heterocycles. The molecule has 2 amide bonds. The molecule has 0 unspecified atom stereocenters. The van der Waals surface area contributed by atoms with Gasteiger partial charge < -0.3 is 9.80 Å². The molecule has 0 saturated carbocycles. The maximum Gasteiger partial charge on any atom is 0.282 e. The summed E-state index contributed by atoms with van der Waals surface area (Å²) in [5.41, 5.74) is 4.53. The molecule has 5 nitrogen and oxygen atoms in total. The summed E-state index contributed by atoms with van der Waals surface area (Å²) in [7, 11) is 0. The number of carbonyl (C=O) groups is 2. The van der Waals surface area contributed by atoms with Crippen molar-refractivity contribution in [3.05, 3.63) is 102 Å². The zero-order valence-electron chi connectivity index (χ0n) is 19.5. The topological polar surface area (TPSA) is 43.9 Å². The Morgan fingerprint density at radius 2 is 1.32 bits per heavy atom. The minimum Gasteiger partial charge on any atom is -0.372 e. The van der Waals surface area contributed by atoms with E-state index in [1.165, 1.54) is 17.7 Å². The summed E-state index contributed by atoms with van der Waals surface area (Å²) >= 11 is 0. The third-order valence-electron chi connectivity index (χ3n) is 6.62. The Hall–Kier alpha value is -3.86. The van der Waals surface area contributed by atoms with Crippen LogP contribution < -0.4 is 9.80 Å². The summed E-state index contributed by atoms with van der Waals surface area (Å²) in [6.07, 6.45) is 2.40. The van der Waals surface area contributed by atoms with Gasteiger partial charge in [-0.3, -0.25) is 9.59 Å². The van der Waals surface area contributed by atoms with Crippen LogP contribution in [0.5, 0.6) is 0 Å². The van der Waals surface area contributed by atoms with E-state index in [2.05, 4.69) is 4.90 Å². The Labute approximate surface area is 200 Å². The highest BCUT2D eigenvalue weighted by Crippen LogP contribution is 2.36. The first kappa shape index (κ1) is 22.0. The number of hydrogen-bond acceptors (Lipinski definition) is 4. The molecule has 3 aromatic rings. The molecule has 5 heteroatoms. The predicted octanol–water partition coefficient (Wildman–Crippen LogP) is 5.09. The van der Waals surface area contributed by atoms with Gasteiger partial charge in [0.1, 0.15) is 5.70 Å². The van der Waals surface area contributed by atoms with Crippen LogP contribution in [0.3, 0.4) is 0 Å². The largest absolute Gasteiger partial charge is 0.372 e. The lowest BCUT2D eigenvalue weighted by Gasteiger charge is -2.25. The van der Waals surface area contributed by atoms with Gasteiger partial charge in [0.05, 0.1) is 11.3 Å². The summed E-state index contributed by atoms with van der Waals surface area (Å²) in [5.74, 6) is -0.540. The lowest BCUT2D eigenvalue weighted by atomic mass is 10.0. The first-order chi connectivity index (χ1) is 16.7. The van der Waals surface area contributed by atoms with Crippen LogP contribution in [-0.4, -0.2) is 36.3 Å². The number of amides is 2. The van der Waals surface area contributed by atoms with Crippen molar-refractivity contribution < 1.29 is 9.59 Å². The van der Waals surface area contributed by atoms with Gasteiger partial charge in [0.15, 0.2) is 0 Å². The number of carbonyl (C=O) groups excluding carboxylic acids is 2. The second-order valence-electron chi connectivity index (χ2n) is 8.75. The fourth-order valence-corrected chi connectivity index (χ4v) is 4.85. The van der Waals surface area contributed by atoms with E-state index in [9.17, 15) is 9.59 Å². The van der Waals surface area contributed by atoms with Gasteiger partial charge in [-0.2, -0.15) is 0 Å². The molecular weight excluding hydrogens is 422 g/mol. The zero-order valence-corrected chi connectivity index (χ0v) is 19.5. The van der Waals surface area contributed by atoms with Crippen LogP contribution in [-0.2, 0) is 16.1 Å². The van der Waals surface area contributed by atoms with E-state index in [0.29, 0.717) is 30.0 Å². The van der Waals surface area contributed by atoms with Crippen molar-refractivity contribution in [2.75, 3.05) is 29.4 Å². The average molecular weight is 452 g/mol. The van der Waals surface area contributed by atoms with E-state index >= 15 is 0 Å². The molecule has 0 atom stereocenters. The molecule has 0 aromatic heterocycles. The van der Waals surface area contributed by atoms with Crippen LogP contribution in [0, 0.1) is 0 Å². The van der Waals surface area contributed by atoms with Gasteiger partial charge >= 0.3 is 0 Å². The molecule has 0 spiro atoms. The summed E-state index contributed by atoms with van der Waals surface area (Å²) in [4.78, 5) is 33.3. The maximum atomic E-state index is 13.8. The number of rotatable bonds is 7. The second-order valence-corrected chi connectivity index (χ2v) is 8.75. The predicted molar refractivity (Wildman–Crippen MR) is 136 cm³/mol. The molecule has 1 saturated heterocycles. The lowest BCUT2D eigenvalue weighted by Crippen LogP contribution is -2.35. The lowest BCUT2D eigenvalue weighted by molar-refractivity contribution is -0.120.